The summed E-state index contributed by atoms with van der Waals surface area (Å²) in [6, 6.07) is 4.08. The highest BCUT2D eigenvalue weighted by molar-refractivity contribution is 6.31. The first-order chi connectivity index (χ1) is 17.9. The fourth-order valence-electron chi connectivity index (χ4n) is 5.44. The first kappa shape index (κ1) is 25.2. The molecule has 2 aromatic rings. The van der Waals surface area contributed by atoms with Crippen LogP contribution in [0.1, 0.15) is 60.2 Å². The molecule has 196 valence electrons. The molecule has 3 aliphatic rings. The Balaban J connectivity index is 1.47. The number of hydrogen-bond donors (Lipinski definition) is 4. The van der Waals surface area contributed by atoms with Gasteiger partial charge in [0.15, 0.2) is 17.3 Å². The second-order valence-corrected chi connectivity index (χ2v) is 9.88. The highest BCUT2D eigenvalue weighted by Crippen LogP contribution is 2.57. The number of benzene rings is 2. The lowest BCUT2D eigenvalue weighted by atomic mass is 9.70. The Hall–Kier alpha value is -4.47. The summed E-state index contributed by atoms with van der Waals surface area (Å²) >= 11 is 0. The van der Waals surface area contributed by atoms with E-state index in [-0.39, 0.29) is 58.3 Å². The summed E-state index contributed by atoms with van der Waals surface area (Å²) in [5, 5.41) is 27.1. The number of Topliss-reactive ketones (excluding diaryl/α,β-unsaturated/α-hetero) is 2. The number of aromatic hydroxyl groups is 2. The largest absolute Gasteiger partial charge is 0.507 e. The highest BCUT2D eigenvalue weighted by Gasteiger charge is 2.56. The van der Waals surface area contributed by atoms with Crippen LogP contribution >= 0.6 is 0 Å². The maximum Gasteiger partial charge on any atom is 0.232 e. The van der Waals surface area contributed by atoms with E-state index in [2.05, 4.69) is 10.6 Å². The quantitative estimate of drug-likeness (QED) is 0.267. The number of allylic oxidation sites excluding steroid dienone is 4. The van der Waals surface area contributed by atoms with Gasteiger partial charge < -0.3 is 25.6 Å². The molecule has 2 aliphatic heterocycles. The molecule has 1 amide bonds. The van der Waals surface area contributed by atoms with Gasteiger partial charge in [-0.2, -0.15) is 0 Å². The number of amides is 1. The van der Waals surface area contributed by atoms with Crippen LogP contribution < -0.4 is 15.4 Å². The van der Waals surface area contributed by atoms with Crippen molar-refractivity contribution < 1.29 is 38.5 Å². The number of anilines is 1. The van der Waals surface area contributed by atoms with Gasteiger partial charge in [0.05, 0.1) is 17.1 Å². The Kier molecular flexibility index (Phi) is 5.66. The van der Waals surface area contributed by atoms with Crippen molar-refractivity contribution in [1.29, 1.82) is 0 Å². The van der Waals surface area contributed by atoms with Crippen LogP contribution in [-0.2, 0) is 19.8 Å². The summed E-state index contributed by atoms with van der Waals surface area (Å²) in [4.78, 5) is 51.6. The molecule has 38 heavy (non-hydrogen) atoms. The van der Waals surface area contributed by atoms with Gasteiger partial charge in [-0.1, -0.05) is 0 Å². The van der Waals surface area contributed by atoms with Gasteiger partial charge in [-0.05, 0) is 57.9 Å². The van der Waals surface area contributed by atoms with Crippen molar-refractivity contribution in [2.75, 3.05) is 11.9 Å². The summed E-state index contributed by atoms with van der Waals surface area (Å²) in [7, 11) is 0. The van der Waals surface area contributed by atoms with Gasteiger partial charge in [-0.3, -0.25) is 19.2 Å². The number of hydrogen-bond acceptors (Lipinski definition) is 8. The van der Waals surface area contributed by atoms with E-state index in [0.29, 0.717) is 11.3 Å². The molecule has 0 unspecified atom stereocenters. The molecule has 0 saturated heterocycles. The predicted octanol–water partition coefficient (Wildman–Crippen LogP) is 3.42. The van der Waals surface area contributed by atoms with Gasteiger partial charge in [-0.15, -0.1) is 0 Å². The molecule has 2 heterocycles. The summed E-state index contributed by atoms with van der Waals surface area (Å²) in [5.41, 5.74) is -0.596. The molecule has 0 aromatic heterocycles. The van der Waals surface area contributed by atoms with Gasteiger partial charge in [0.2, 0.25) is 5.91 Å². The van der Waals surface area contributed by atoms with E-state index in [4.69, 9.17) is 4.74 Å². The van der Waals surface area contributed by atoms with Crippen LogP contribution in [0, 0.1) is 12.7 Å². The zero-order valence-electron chi connectivity index (χ0n) is 21.1. The minimum Gasteiger partial charge on any atom is -0.507 e. The Labute approximate surface area is 217 Å². The van der Waals surface area contributed by atoms with E-state index in [9.17, 15) is 33.8 Å². The lowest BCUT2D eigenvalue weighted by molar-refractivity contribution is -0.123. The lowest BCUT2D eigenvalue weighted by Crippen LogP contribution is -2.41. The third-order valence-corrected chi connectivity index (χ3v) is 7.55. The number of ketones is 3. The molecule has 2 aromatic carbocycles. The number of carbonyl (C=O) groups excluding carboxylic acids is 4. The van der Waals surface area contributed by atoms with Crippen LogP contribution in [0.2, 0.25) is 0 Å². The molecule has 0 spiro atoms. The average Bonchev–Trinajstić information content (AvgIpc) is 3.31. The van der Waals surface area contributed by atoms with E-state index in [1.807, 2.05) is 0 Å². The van der Waals surface area contributed by atoms with E-state index in [1.165, 1.54) is 39.0 Å². The van der Waals surface area contributed by atoms with Crippen molar-refractivity contribution in [3.8, 4) is 17.2 Å². The Morgan fingerprint density at radius 3 is 2.58 bits per heavy atom. The molecule has 4 N–H and O–H groups in total. The number of halogens is 1. The molecule has 2 atom stereocenters. The average molecular weight is 521 g/mol. The zero-order valence-corrected chi connectivity index (χ0v) is 21.1. The topological polar surface area (TPSA) is 142 Å². The summed E-state index contributed by atoms with van der Waals surface area (Å²) in [6.45, 7) is 5.87. The smallest absolute Gasteiger partial charge is 0.232 e. The first-order valence-electron chi connectivity index (χ1n) is 12.0. The Bertz CT molecular complexity index is 1550. The number of phenolic OH excluding ortho intramolecular Hbond substituents is 2. The summed E-state index contributed by atoms with van der Waals surface area (Å²) in [5.74, 6) is -4.19. The van der Waals surface area contributed by atoms with Crippen LogP contribution in [-0.4, -0.2) is 40.0 Å². The number of carbonyl (C=O) groups is 4. The van der Waals surface area contributed by atoms with Gasteiger partial charge in [0, 0.05) is 29.6 Å². The summed E-state index contributed by atoms with van der Waals surface area (Å²) < 4.78 is 19.5. The standard InChI is InChI=1S/C28H25FN2O7/c1-11-23(34)21(13(3)32)25-22(24(11)35)28(4)19(38-25)10-18(33)20(26(28)36)12(2)30-8-7-15-16-9-14(29)5-6-17(16)31-27(15)37/h5-6,9-10,15,30,34-35H,7-8H2,1-4H3,(H,31,37)/b20-12+/t15-,28+/m1/s1. The zero-order chi connectivity index (χ0) is 27.7. The molecular weight excluding hydrogens is 495 g/mol. The van der Waals surface area contributed by atoms with Crippen LogP contribution in [0.15, 0.2) is 41.3 Å². The van der Waals surface area contributed by atoms with E-state index in [1.54, 1.807) is 6.92 Å². The van der Waals surface area contributed by atoms with Gasteiger partial charge >= 0.3 is 0 Å². The molecular formula is C28H25FN2O7. The molecule has 10 heteroatoms. The van der Waals surface area contributed by atoms with Gasteiger partial charge in [0.1, 0.15) is 39.8 Å². The van der Waals surface area contributed by atoms with Crippen LogP contribution in [0.3, 0.4) is 0 Å². The number of fused-ring (bicyclic) bond motifs is 4. The SMILES string of the molecule is CC(=O)c1c(O)c(C)c(O)c2c1OC1=CC(=O)/C(=C(/C)NCC[C@H]3C(=O)Nc4ccc(F)cc43)C(=O)[C@@]12C. The van der Waals surface area contributed by atoms with Crippen molar-refractivity contribution in [3.63, 3.8) is 0 Å². The minimum absolute atomic E-state index is 0.00769. The minimum atomic E-state index is -1.62. The summed E-state index contributed by atoms with van der Waals surface area (Å²) in [6.07, 6.45) is 1.42. The fourth-order valence-corrected chi connectivity index (χ4v) is 5.44. The number of ether oxygens (including phenoxy) is 1. The molecule has 0 fully saturated rings. The molecule has 1 aliphatic carbocycles. The lowest BCUT2D eigenvalue weighted by Gasteiger charge is -2.29. The van der Waals surface area contributed by atoms with Gasteiger partial charge in [-0.25, -0.2) is 4.39 Å². The third kappa shape index (κ3) is 3.43. The molecule has 0 bridgehead atoms. The normalized spacial score (nSPS) is 22.7. The third-order valence-electron chi connectivity index (χ3n) is 7.55. The van der Waals surface area contributed by atoms with E-state index in [0.717, 1.165) is 6.08 Å². The number of nitrogens with one attached hydrogen (secondary N) is 2. The highest BCUT2D eigenvalue weighted by atomic mass is 19.1. The van der Waals surface area contributed by atoms with E-state index >= 15 is 0 Å². The van der Waals surface area contributed by atoms with Gasteiger partial charge in [0.25, 0.3) is 0 Å². The first-order valence-corrected chi connectivity index (χ1v) is 12.0. The number of rotatable bonds is 5. The Morgan fingerprint density at radius 1 is 1.18 bits per heavy atom. The molecule has 9 nitrogen and oxygen atoms in total. The molecule has 5 rings (SSSR count). The second-order valence-electron chi connectivity index (χ2n) is 9.88. The predicted molar refractivity (Wildman–Crippen MR) is 134 cm³/mol. The van der Waals surface area contributed by atoms with Crippen LogP contribution in [0.4, 0.5) is 10.1 Å². The monoisotopic (exact) mass is 520 g/mol. The molecule has 0 saturated carbocycles. The van der Waals surface area contributed by atoms with Crippen molar-refractivity contribution in [2.45, 2.75) is 45.4 Å². The van der Waals surface area contributed by atoms with Crippen molar-refractivity contribution in [3.05, 3.63) is 69.4 Å². The second kappa shape index (κ2) is 8.54. The maximum absolute atomic E-state index is 13.8. The van der Waals surface area contributed by atoms with Crippen molar-refractivity contribution >= 4 is 28.9 Å². The van der Waals surface area contributed by atoms with Crippen molar-refractivity contribution in [1.82, 2.24) is 5.32 Å². The van der Waals surface area contributed by atoms with E-state index < -0.39 is 46.0 Å². The van der Waals surface area contributed by atoms with Crippen LogP contribution in [0.5, 0.6) is 17.2 Å². The number of phenols is 2. The van der Waals surface area contributed by atoms with Crippen molar-refractivity contribution in [2.24, 2.45) is 0 Å². The molecule has 0 radical (unpaired) electrons. The Morgan fingerprint density at radius 2 is 1.89 bits per heavy atom. The van der Waals surface area contributed by atoms with Crippen LogP contribution in [0.25, 0.3) is 0 Å². The maximum atomic E-state index is 13.8. The fraction of sp³-hybridized carbons (Fsp3) is 0.286.